The molecule has 18 heavy (non-hydrogen) atoms. The van der Waals surface area contributed by atoms with Crippen LogP contribution in [0.2, 0.25) is 4.34 Å². The van der Waals surface area contributed by atoms with Crippen LogP contribution in [0.3, 0.4) is 0 Å². The molecule has 1 aliphatic rings. The molecular weight excluding hydrogens is 266 g/mol. The van der Waals surface area contributed by atoms with Gasteiger partial charge in [-0.15, -0.1) is 11.3 Å². The first-order valence-corrected chi connectivity index (χ1v) is 6.96. The number of benzene rings is 1. The Bertz CT molecular complexity index is 593. The van der Waals surface area contributed by atoms with Gasteiger partial charge in [-0.25, -0.2) is 0 Å². The Balaban J connectivity index is 1.82. The summed E-state index contributed by atoms with van der Waals surface area (Å²) in [5.41, 5.74) is 2.42. The minimum atomic E-state index is 0.0646. The van der Waals surface area contributed by atoms with E-state index in [0.717, 1.165) is 18.5 Å². The number of halogens is 1. The maximum Gasteiger partial charge on any atom is 0.264 e. The first-order chi connectivity index (χ1) is 8.74. The predicted molar refractivity (Wildman–Crippen MR) is 73.1 cm³/mol. The number of rotatable bonds is 1. The molecule has 0 aliphatic carbocycles. The molecule has 2 heterocycles. The van der Waals surface area contributed by atoms with Gasteiger partial charge in [0, 0.05) is 13.1 Å². The van der Waals surface area contributed by atoms with Gasteiger partial charge >= 0.3 is 0 Å². The summed E-state index contributed by atoms with van der Waals surface area (Å²) in [6, 6.07) is 12.8. The lowest BCUT2D eigenvalue weighted by molar-refractivity contribution is 0.0739. The Hall–Kier alpha value is -1.32. The highest BCUT2D eigenvalue weighted by molar-refractivity contribution is 7.17. The number of amides is 1. The molecule has 1 aromatic carbocycles. The highest BCUT2D eigenvalue weighted by Gasteiger charge is 2.22. The van der Waals surface area contributed by atoms with Crippen LogP contribution in [0.1, 0.15) is 20.8 Å². The molecule has 1 amide bonds. The summed E-state index contributed by atoms with van der Waals surface area (Å²) in [5, 5.41) is 0. The van der Waals surface area contributed by atoms with Crippen LogP contribution >= 0.6 is 22.9 Å². The zero-order valence-electron chi connectivity index (χ0n) is 9.65. The number of nitrogens with zero attached hydrogens (tertiary/aromatic N) is 1. The van der Waals surface area contributed by atoms with Gasteiger partial charge in [0.25, 0.3) is 5.91 Å². The minimum Gasteiger partial charge on any atom is -0.333 e. The molecule has 0 saturated heterocycles. The molecule has 4 heteroatoms. The molecule has 2 nitrogen and oxygen atoms in total. The molecule has 0 unspecified atom stereocenters. The highest BCUT2D eigenvalue weighted by atomic mass is 35.5. The lowest BCUT2D eigenvalue weighted by atomic mass is 10.00. The van der Waals surface area contributed by atoms with Crippen molar-refractivity contribution in [1.82, 2.24) is 4.90 Å². The normalized spacial score (nSPS) is 14.4. The van der Waals surface area contributed by atoms with Crippen molar-refractivity contribution >= 4 is 28.8 Å². The molecule has 2 aromatic rings. The van der Waals surface area contributed by atoms with E-state index in [-0.39, 0.29) is 5.91 Å². The summed E-state index contributed by atoms with van der Waals surface area (Å²) >= 11 is 7.20. The van der Waals surface area contributed by atoms with E-state index < -0.39 is 0 Å². The third kappa shape index (κ3) is 2.16. The highest BCUT2D eigenvalue weighted by Crippen LogP contribution is 2.25. The zero-order valence-corrected chi connectivity index (χ0v) is 11.2. The van der Waals surface area contributed by atoms with Crippen LogP contribution in [0.5, 0.6) is 0 Å². The number of hydrogen-bond acceptors (Lipinski definition) is 2. The Morgan fingerprint density at radius 2 is 2.28 bits per heavy atom. The van der Waals surface area contributed by atoms with Crippen LogP contribution < -0.4 is 0 Å². The van der Waals surface area contributed by atoms with E-state index in [2.05, 4.69) is 12.1 Å². The van der Waals surface area contributed by atoms with Gasteiger partial charge in [-0.05, 0) is 35.7 Å². The van der Waals surface area contributed by atoms with Gasteiger partial charge in [0.15, 0.2) is 0 Å². The van der Waals surface area contributed by atoms with Crippen LogP contribution in [0, 0.1) is 6.07 Å². The summed E-state index contributed by atoms with van der Waals surface area (Å²) in [7, 11) is 0. The number of hydrogen-bond donors (Lipinski definition) is 0. The van der Waals surface area contributed by atoms with Crippen molar-refractivity contribution in [3.8, 4) is 0 Å². The topological polar surface area (TPSA) is 20.3 Å². The number of carbonyl (C=O) groups is 1. The van der Waals surface area contributed by atoms with Gasteiger partial charge in [-0.3, -0.25) is 4.79 Å². The second kappa shape index (κ2) is 4.75. The van der Waals surface area contributed by atoms with Gasteiger partial charge in [0.1, 0.15) is 0 Å². The molecule has 0 fully saturated rings. The molecule has 91 valence electrons. The van der Waals surface area contributed by atoms with E-state index in [0.29, 0.717) is 15.8 Å². The molecule has 0 saturated carbocycles. The summed E-state index contributed by atoms with van der Waals surface area (Å²) in [6.07, 6.45) is 0.900. The largest absolute Gasteiger partial charge is 0.333 e. The Morgan fingerprint density at radius 3 is 3.06 bits per heavy atom. The monoisotopic (exact) mass is 276 g/mol. The maximum atomic E-state index is 12.3. The zero-order chi connectivity index (χ0) is 12.5. The summed E-state index contributed by atoms with van der Waals surface area (Å²) in [6.45, 7) is 1.41. The fourth-order valence-electron chi connectivity index (χ4n) is 2.17. The lowest BCUT2D eigenvalue weighted by Gasteiger charge is -2.28. The lowest BCUT2D eigenvalue weighted by Crippen LogP contribution is -2.35. The molecule has 0 N–H and O–H groups in total. The van der Waals surface area contributed by atoms with E-state index in [1.165, 1.54) is 16.9 Å². The van der Waals surface area contributed by atoms with Crippen LogP contribution in [-0.4, -0.2) is 17.4 Å². The van der Waals surface area contributed by atoms with Crippen molar-refractivity contribution in [3.05, 3.63) is 56.7 Å². The average molecular weight is 277 g/mol. The van der Waals surface area contributed by atoms with Gasteiger partial charge in [-0.2, -0.15) is 0 Å². The first kappa shape index (κ1) is 11.8. The molecule has 0 bridgehead atoms. The predicted octanol–water partition coefficient (Wildman–Crippen LogP) is 3.40. The Kier molecular flexibility index (Phi) is 3.10. The maximum absolute atomic E-state index is 12.3. The van der Waals surface area contributed by atoms with E-state index in [1.807, 2.05) is 17.0 Å². The minimum absolute atomic E-state index is 0.0646. The van der Waals surface area contributed by atoms with E-state index in [1.54, 1.807) is 12.1 Å². The van der Waals surface area contributed by atoms with Crippen molar-refractivity contribution < 1.29 is 4.79 Å². The van der Waals surface area contributed by atoms with Crippen LogP contribution in [-0.2, 0) is 13.0 Å². The summed E-state index contributed by atoms with van der Waals surface area (Å²) < 4.78 is 0.655. The molecule has 1 aliphatic heterocycles. The number of thiophene rings is 1. The van der Waals surface area contributed by atoms with Gasteiger partial charge in [-0.1, -0.05) is 29.8 Å². The molecule has 0 spiro atoms. The fraction of sp³-hybridized carbons (Fsp3) is 0.214. The molecule has 0 atom stereocenters. The first-order valence-electron chi connectivity index (χ1n) is 5.77. The molecule has 3 rings (SSSR count). The molecular formula is C14H11ClNOS. The second-order valence-electron chi connectivity index (χ2n) is 4.25. The van der Waals surface area contributed by atoms with E-state index in [9.17, 15) is 4.79 Å². The molecule has 1 aromatic heterocycles. The van der Waals surface area contributed by atoms with Crippen molar-refractivity contribution in [3.63, 3.8) is 0 Å². The second-order valence-corrected chi connectivity index (χ2v) is 5.97. The smallest absolute Gasteiger partial charge is 0.264 e. The SMILES string of the molecule is O=C(c1ccc(Cl)s1)N1CCc2ccc[c]c2C1. The average Bonchev–Trinajstić information content (AvgIpc) is 2.84. The van der Waals surface area contributed by atoms with Crippen molar-refractivity contribution in [2.75, 3.05) is 6.54 Å². The standard InChI is InChI=1S/C14H11ClNOS/c15-13-6-5-12(18-13)14(17)16-8-7-10-3-1-2-4-11(10)9-16/h1-3,5-6H,7-9H2. The quantitative estimate of drug-likeness (QED) is 0.782. The third-order valence-electron chi connectivity index (χ3n) is 3.11. The number of carbonyl (C=O) groups excluding carboxylic acids is 1. The van der Waals surface area contributed by atoms with Crippen molar-refractivity contribution in [1.29, 1.82) is 0 Å². The van der Waals surface area contributed by atoms with E-state index >= 15 is 0 Å². The third-order valence-corrected chi connectivity index (χ3v) is 4.33. The fourth-order valence-corrected chi connectivity index (χ4v) is 3.18. The summed E-state index contributed by atoms with van der Waals surface area (Å²) in [4.78, 5) is 14.9. The number of fused-ring (bicyclic) bond motifs is 1. The van der Waals surface area contributed by atoms with Gasteiger partial charge in [0.05, 0.1) is 9.21 Å². The molecule has 1 radical (unpaired) electrons. The van der Waals surface area contributed by atoms with Crippen LogP contribution in [0.25, 0.3) is 0 Å². The summed E-state index contributed by atoms with van der Waals surface area (Å²) in [5.74, 6) is 0.0646. The van der Waals surface area contributed by atoms with Gasteiger partial charge in [0.2, 0.25) is 0 Å². The van der Waals surface area contributed by atoms with Crippen LogP contribution in [0.4, 0.5) is 0 Å². The van der Waals surface area contributed by atoms with E-state index in [4.69, 9.17) is 11.6 Å². The Morgan fingerprint density at radius 1 is 1.39 bits per heavy atom. The Labute approximate surface area is 115 Å². The van der Waals surface area contributed by atoms with Crippen molar-refractivity contribution in [2.24, 2.45) is 0 Å². The van der Waals surface area contributed by atoms with Gasteiger partial charge < -0.3 is 4.90 Å². The van der Waals surface area contributed by atoms with Crippen molar-refractivity contribution in [2.45, 2.75) is 13.0 Å². The van der Waals surface area contributed by atoms with Crippen LogP contribution in [0.15, 0.2) is 30.3 Å².